The fourth-order valence-electron chi connectivity index (χ4n) is 1.14. The molecule has 1 fully saturated rings. The summed E-state index contributed by atoms with van der Waals surface area (Å²) in [4.78, 5) is 15.3. The topological polar surface area (TPSA) is 41.5 Å². The Kier molecular flexibility index (Phi) is 2.73. The van der Waals surface area contributed by atoms with E-state index in [1.165, 1.54) is 23.9 Å². The number of carbonyl (C=O) groups is 1. The first-order chi connectivity index (χ1) is 7.15. The van der Waals surface area contributed by atoms with Gasteiger partial charge in [0, 0.05) is 0 Å². The van der Waals surface area contributed by atoms with Crippen LogP contribution < -0.4 is 5.32 Å². The van der Waals surface area contributed by atoms with Gasteiger partial charge in [0.25, 0.3) is 0 Å². The summed E-state index contributed by atoms with van der Waals surface area (Å²) in [5.41, 5.74) is 0.633. The zero-order chi connectivity index (χ0) is 10.8. The minimum absolute atomic E-state index is 0.0409. The fourth-order valence-corrected chi connectivity index (χ4v) is 1.96. The molecule has 0 saturated carbocycles. The molecule has 1 aromatic carbocycles. The van der Waals surface area contributed by atoms with Gasteiger partial charge in [-0.25, -0.2) is 9.38 Å². The van der Waals surface area contributed by atoms with Crippen LogP contribution in [0, 0.1) is 5.82 Å². The standard InChI is InChI=1S/C10H9FN2OS/c1-6-9(14)13-10(15-6)12-8-4-2-7(11)3-5-8/h2-6H,1H3,(H,12,13,14)/t6-/m1/s1. The highest BCUT2D eigenvalue weighted by Gasteiger charge is 2.25. The van der Waals surface area contributed by atoms with Crippen molar-refractivity contribution < 1.29 is 9.18 Å². The molecule has 0 aliphatic carbocycles. The van der Waals surface area contributed by atoms with E-state index in [4.69, 9.17) is 0 Å². The van der Waals surface area contributed by atoms with Gasteiger partial charge >= 0.3 is 0 Å². The van der Waals surface area contributed by atoms with E-state index in [-0.39, 0.29) is 17.0 Å². The maximum absolute atomic E-state index is 12.6. The number of nitrogens with one attached hydrogen (secondary N) is 1. The van der Waals surface area contributed by atoms with Crippen molar-refractivity contribution in [1.82, 2.24) is 5.32 Å². The molecule has 0 unspecified atom stereocenters. The molecular formula is C10H9FN2OS. The molecule has 1 aromatic rings. The third-order valence-corrected chi connectivity index (χ3v) is 2.93. The van der Waals surface area contributed by atoms with E-state index in [0.717, 1.165) is 0 Å². The van der Waals surface area contributed by atoms with Crippen LogP contribution in [-0.4, -0.2) is 16.3 Å². The Hall–Kier alpha value is -1.36. The maximum Gasteiger partial charge on any atom is 0.239 e. The van der Waals surface area contributed by atoms with Crippen LogP contribution in [0.25, 0.3) is 0 Å². The molecule has 1 N–H and O–H groups in total. The zero-order valence-corrected chi connectivity index (χ0v) is 8.84. The monoisotopic (exact) mass is 224 g/mol. The molecule has 1 aliphatic rings. The maximum atomic E-state index is 12.6. The molecule has 1 amide bonds. The lowest BCUT2D eigenvalue weighted by molar-refractivity contribution is -0.118. The van der Waals surface area contributed by atoms with Crippen LogP contribution in [0.1, 0.15) is 6.92 Å². The molecule has 78 valence electrons. The summed E-state index contributed by atoms with van der Waals surface area (Å²) in [6.07, 6.45) is 0. The third-order valence-electron chi connectivity index (χ3n) is 1.95. The molecule has 2 rings (SSSR count). The highest BCUT2D eigenvalue weighted by atomic mass is 32.2. The average molecular weight is 224 g/mol. The molecular weight excluding hydrogens is 215 g/mol. The Morgan fingerprint density at radius 2 is 2.07 bits per heavy atom. The molecule has 0 spiro atoms. The lowest BCUT2D eigenvalue weighted by Gasteiger charge is -1.96. The second-order valence-corrected chi connectivity index (χ2v) is 4.47. The van der Waals surface area contributed by atoms with E-state index in [1.807, 2.05) is 6.92 Å². The van der Waals surface area contributed by atoms with Gasteiger partial charge in [-0.3, -0.25) is 4.79 Å². The van der Waals surface area contributed by atoms with Crippen molar-refractivity contribution in [1.29, 1.82) is 0 Å². The molecule has 15 heavy (non-hydrogen) atoms. The van der Waals surface area contributed by atoms with Crippen molar-refractivity contribution in [3.05, 3.63) is 30.1 Å². The molecule has 1 heterocycles. The van der Waals surface area contributed by atoms with E-state index in [0.29, 0.717) is 10.9 Å². The molecule has 1 atom stereocenters. The van der Waals surface area contributed by atoms with Gasteiger partial charge < -0.3 is 5.32 Å². The summed E-state index contributed by atoms with van der Waals surface area (Å²) in [5.74, 6) is -0.337. The normalized spacial score (nSPS) is 23.2. The lowest BCUT2D eigenvalue weighted by atomic mass is 10.3. The zero-order valence-electron chi connectivity index (χ0n) is 8.03. The number of aliphatic imine (C=N–C) groups is 1. The first-order valence-corrected chi connectivity index (χ1v) is 5.35. The summed E-state index contributed by atoms with van der Waals surface area (Å²) in [6.45, 7) is 1.81. The van der Waals surface area contributed by atoms with E-state index in [2.05, 4.69) is 10.3 Å². The van der Waals surface area contributed by atoms with Gasteiger partial charge in [0.1, 0.15) is 5.82 Å². The average Bonchev–Trinajstić information content (AvgIpc) is 2.50. The van der Waals surface area contributed by atoms with Crippen molar-refractivity contribution in [2.75, 3.05) is 0 Å². The quantitative estimate of drug-likeness (QED) is 0.793. The summed E-state index contributed by atoms with van der Waals surface area (Å²) >= 11 is 1.37. The Morgan fingerprint density at radius 3 is 2.60 bits per heavy atom. The van der Waals surface area contributed by atoms with Gasteiger partial charge in [0.05, 0.1) is 10.9 Å². The van der Waals surface area contributed by atoms with Crippen LogP contribution in [0.3, 0.4) is 0 Å². The molecule has 0 radical (unpaired) electrons. The van der Waals surface area contributed by atoms with Crippen molar-refractivity contribution in [3.8, 4) is 0 Å². The third kappa shape index (κ3) is 2.36. The number of rotatable bonds is 1. The second-order valence-electron chi connectivity index (χ2n) is 3.14. The van der Waals surface area contributed by atoms with E-state index < -0.39 is 0 Å². The minimum atomic E-state index is -0.296. The number of benzene rings is 1. The van der Waals surface area contributed by atoms with Gasteiger partial charge in [-0.2, -0.15) is 0 Å². The number of amidine groups is 1. The predicted octanol–water partition coefficient (Wildman–Crippen LogP) is 2.06. The molecule has 1 saturated heterocycles. The molecule has 1 aliphatic heterocycles. The predicted molar refractivity (Wildman–Crippen MR) is 58.7 cm³/mol. The highest BCUT2D eigenvalue weighted by Crippen LogP contribution is 2.22. The van der Waals surface area contributed by atoms with Crippen molar-refractivity contribution in [3.63, 3.8) is 0 Å². The van der Waals surface area contributed by atoms with Gasteiger partial charge in [-0.15, -0.1) is 0 Å². The van der Waals surface area contributed by atoms with E-state index in [1.54, 1.807) is 12.1 Å². The van der Waals surface area contributed by atoms with Crippen LogP contribution in [0.4, 0.5) is 10.1 Å². The van der Waals surface area contributed by atoms with E-state index in [9.17, 15) is 9.18 Å². The Morgan fingerprint density at radius 1 is 1.40 bits per heavy atom. The van der Waals surface area contributed by atoms with E-state index >= 15 is 0 Å². The minimum Gasteiger partial charge on any atom is -0.304 e. The molecule has 3 nitrogen and oxygen atoms in total. The molecule has 0 bridgehead atoms. The highest BCUT2D eigenvalue weighted by molar-refractivity contribution is 8.15. The number of hydrogen-bond donors (Lipinski definition) is 1. The summed E-state index contributed by atoms with van der Waals surface area (Å²) in [6, 6.07) is 5.81. The summed E-state index contributed by atoms with van der Waals surface area (Å²) in [7, 11) is 0. The SMILES string of the molecule is C[C@H]1SC(=Nc2ccc(F)cc2)NC1=O. The molecule has 5 heteroatoms. The number of nitrogens with zero attached hydrogens (tertiary/aromatic N) is 1. The van der Waals surface area contributed by atoms with Crippen LogP contribution in [-0.2, 0) is 4.79 Å². The first-order valence-electron chi connectivity index (χ1n) is 4.47. The van der Waals surface area contributed by atoms with Crippen LogP contribution in [0.5, 0.6) is 0 Å². The Bertz CT molecular complexity index is 416. The van der Waals surface area contributed by atoms with Crippen molar-refractivity contribution >= 4 is 28.5 Å². The van der Waals surface area contributed by atoms with Crippen molar-refractivity contribution in [2.24, 2.45) is 4.99 Å². The van der Waals surface area contributed by atoms with Crippen LogP contribution in [0.2, 0.25) is 0 Å². The number of amides is 1. The smallest absolute Gasteiger partial charge is 0.239 e. The van der Waals surface area contributed by atoms with Gasteiger partial charge in [0.2, 0.25) is 5.91 Å². The van der Waals surface area contributed by atoms with Crippen LogP contribution in [0.15, 0.2) is 29.3 Å². The lowest BCUT2D eigenvalue weighted by Crippen LogP contribution is -2.23. The summed E-state index contributed by atoms with van der Waals surface area (Å²) in [5, 5.41) is 3.11. The van der Waals surface area contributed by atoms with Gasteiger partial charge in [-0.05, 0) is 31.2 Å². The van der Waals surface area contributed by atoms with Gasteiger partial charge in [-0.1, -0.05) is 11.8 Å². The number of halogens is 1. The second kappa shape index (κ2) is 4.02. The first kappa shape index (κ1) is 10.2. The Labute approximate surface area is 90.8 Å². The largest absolute Gasteiger partial charge is 0.304 e. The number of thioether (sulfide) groups is 1. The number of hydrogen-bond acceptors (Lipinski definition) is 3. The Balaban J connectivity index is 2.17. The van der Waals surface area contributed by atoms with Gasteiger partial charge in [0.15, 0.2) is 5.17 Å². The number of carbonyl (C=O) groups excluding carboxylic acids is 1. The fraction of sp³-hybridized carbons (Fsp3) is 0.200. The van der Waals surface area contributed by atoms with Crippen LogP contribution >= 0.6 is 11.8 Å². The van der Waals surface area contributed by atoms with Crippen molar-refractivity contribution in [2.45, 2.75) is 12.2 Å². The summed E-state index contributed by atoms with van der Waals surface area (Å²) < 4.78 is 12.6. The molecule has 0 aromatic heterocycles.